The second-order valence-electron chi connectivity index (χ2n) is 7.03. The summed E-state index contributed by atoms with van der Waals surface area (Å²) >= 11 is 0. The van der Waals surface area contributed by atoms with Crippen molar-refractivity contribution in [3.05, 3.63) is 42.5 Å². The van der Waals surface area contributed by atoms with E-state index in [1.54, 1.807) is 17.0 Å². The lowest BCUT2D eigenvalue weighted by atomic mass is 10.2. The topological polar surface area (TPSA) is 67.8 Å². The van der Waals surface area contributed by atoms with Crippen LogP contribution in [-0.2, 0) is 4.79 Å². The average Bonchev–Trinajstić information content (AvgIpc) is 2.71. The molecule has 1 amide bonds. The lowest BCUT2D eigenvalue weighted by Crippen LogP contribution is -2.50. The van der Waals surface area contributed by atoms with Crippen LogP contribution in [0.2, 0.25) is 0 Å². The van der Waals surface area contributed by atoms with Gasteiger partial charge >= 0.3 is 0 Å². The number of ether oxygens (including phenoxy) is 2. The Kier molecular flexibility index (Phi) is 6.62. The highest BCUT2D eigenvalue weighted by Crippen LogP contribution is 2.18. The summed E-state index contributed by atoms with van der Waals surface area (Å²) in [5.41, 5.74) is 0. The fraction of sp³-hybridized carbons (Fsp3) is 0.450. The number of benzene rings is 1. The molecule has 0 saturated carbocycles. The van der Waals surface area contributed by atoms with Crippen molar-refractivity contribution in [1.82, 2.24) is 14.9 Å². The molecule has 3 rings (SSSR count). The number of hydrogen-bond donors (Lipinski definition) is 0. The van der Waals surface area contributed by atoms with Crippen LogP contribution in [0.5, 0.6) is 11.6 Å². The maximum absolute atomic E-state index is 13.2. The molecule has 28 heavy (non-hydrogen) atoms. The van der Waals surface area contributed by atoms with Gasteiger partial charge in [-0.2, -0.15) is 0 Å². The number of anilines is 1. The lowest BCUT2D eigenvalue weighted by Gasteiger charge is -2.35. The van der Waals surface area contributed by atoms with Gasteiger partial charge in [-0.25, -0.2) is 14.4 Å². The molecule has 150 valence electrons. The van der Waals surface area contributed by atoms with E-state index in [1.807, 2.05) is 6.07 Å². The molecule has 0 unspecified atom stereocenters. The zero-order valence-corrected chi connectivity index (χ0v) is 16.2. The fourth-order valence-electron chi connectivity index (χ4n) is 2.81. The zero-order valence-electron chi connectivity index (χ0n) is 16.2. The van der Waals surface area contributed by atoms with Crippen LogP contribution in [0.4, 0.5) is 10.2 Å². The number of amides is 1. The van der Waals surface area contributed by atoms with Gasteiger partial charge in [0.05, 0.1) is 6.61 Å². The minimum absolute atomic E-state index is 0.107. The van der Waals surface area contributed by atoms with Gasteiger partial charge < -0.3 is 19.3 Å². The SMILES string of the molecule is CC(C)COc1cc(N2CCN(C(=O)COc3cccc(F)c3)CC2)ncn1. The van der Waals surface area contributed by atoms with Gasteiger partial charge in [-0.3, -0.25) is 4.79 Å². The first-order valence-electron chi connectivity index (χ1n) is 9.37. The van der Waals surface area contributed by atoms with Crippen molar-refractivity contribution in [2.75, 3.05) is 44.3 Å². The lowest BCUT2D eigenvalue weighted by molar-refractivity contribution is -0.133. The van der Waals surface area contributed by atoms with E-state index < -0.39 is 0 Å². The molecule has 0 atom stereocenters. The molecular formula is C20H25FN4O3. The number of hydrogen-bond acceptors (Lipinski definition) is 6. The predicted molar refractivity (Wildman–Crippen MR) is 103 cm³/mol. The molecule has 1 aliphatic heterocycles. The molecule has 0 aliphatic carbocycles. The third-order valence-electron chi connectivity index (χ3n) is 4.31. The third kappa shape index (κ3) is 5.55. The molecule has 2 aromatic rings. The van der Waals surface area contributed by atoms with Crippen molar-refractivity contribution < 1.29 is 18.7 Å². The normalized spacial score (nSPS) is 14.3. The highest BCUT2D eigenvalue weighted by molar-refractivity contribution is 5.78. The second-order valence-corrected chi connectivity index (χ2v) is 7.03. The van der Waals surface area contributed by atoms with Crippen molar-refractivity contribution in [2.24, 2.45) is 5.92 Å². The van der Waals surface area contributed by atoms with E-state index in [9.17, 15) is 9.18 Å². The molecule has 0 spiro atoms. The van der Waals surface area contributed by atoms with E-state index in [-0.39, 0.29) is 18.3 Å². The maximum atomic E-state index is 13.2. The van der Waals surface area contributed by atoms with Crippen molar-refractivity contribution in [2.45, 2.75) is 13.8 Å². The molecule has 8 heteroatoms. The molecule has 1 saturated heterocycles. The van der Waals surface area contributed by atoms with Crippen molar-refractivity contribution >= 4 is 11.7 Å². The highest BCUT2D eigenvalue weighted by atomic mass is 19.1. The Morgan fingerprint density at radius 3 is 2.64 bits per heavy atom. The predicted octanol–water partition coefficient (Wildman–Crippen LogP) is 2.38. The van der Waals surface area contributed by atoms with Crippen LogP contribution in [0.1, 0.15) is 13.8 Å². The molecule has 1 fully saturated rings. The molecule has 7 nitrogen and oxygen atoms in total. The number of rotatable bonds is 7. The van der Waals surface area contributed by atoms with Crippen LogP contribution < -0.4 is 14.4 Å². The summed E-state index contributed by atoms with van der Waals surface area (Å²) < 4.78 is 24.2. The van der Waals surface area contributed by atoms with Crippen LogP contribution in [0.15, 0.2) is 36.7 Å². The summed E-state index contributed by atoms with van der Waals surface area (Å²) in [5, 5.41) is 0. The van der Waals surface area contributed by atoms with Crippen molar-refractivity contribution in [3.8, 4) is 11.6 Å². The summed E-state index contributed by atoms with van der Waals surface area (Å²) in [6, 6.07) is 7.60. The van der Waals surface area contributed by atoms with Gasteiger partial charge in [-0.1, -0.05) is 19.9 Å². The van der Waals surface area contributed by atoms with Gasteiger partial charge in [-0.15, -0.1) is 0 Å². The van der Waals surface area contributed by atoms with Crippen LogP contribution in [0.3, 0.4) is 0 Å². The Bertz CT molecular complexity index is 795. The smallest absolute Gasteiger partial charge is 0.260 e. The van der Waals surface area contributed by atoms with Gasteiger partial charge in [0.2, 0.25) is 5.88 Å². The zero-order chi connectivity index (χ0) is 19.9. The van der Waals surface area contributed by atoms with Crippen LogP contribution in [-0.4, -0.2) is 60.2 Å². The van der Waals surface area contributed by atoms with Crippen LogP contribution >= 0.6 is 0 Å². The highest BCUT2D eigenvalue weighted by Gasteiger charge is 2.22. The van der Waals surface area contributed by atoms with E-state index in [1.165, 1.54) is 18.5 Å². The molecule has 1 aliphatic rings. The average molecular weight is 388 g/mol. The van der Waals surface area contributed by atoms with Gasteiger partial charge in [0.25, 0.3) is 5.91 Å². The number of halogens is 1. The maximum Gasteiger partial charge on any atom is 0.260 e. The summed E-state index contributed by atoms with van der Waals surface area (Å²) in [6.07, 6.45) is 1.50. The van der Waals surface area contributed by atoms with Crippen LogP contribution in [0, 0.1) is 11.7 Å². The number of piperazine rings is 1. The molecule has 2 heterocycles. The van der Waals surface area contributed by atoms with Gasteiger partial charge in [0.1, 0.15) is 23.7 Å². The number of nitrogens with zero attached hydrogens (tertiary/aromatic N) is 4. The number of aromatic nitrogens is 2. The molecular weight excluding hydrogens is 363 g/mol. The van der Waals surface area contributed by atoms with Gasteiger partial charge in [-0.05, 0) is 18.1 Å². The van der Waals surface area contributed by atoms with E-state index in [0.29, 0.717) is 50.3 Å². The summed E-state index contributed by atoms with van der Waals surface area (Å²) in [6.45, 7) is 7.11. The Morgan fingerprint density at radius 1 is 1.14 bits per heavy atom. The first-order chi connectivity index (χ1) is 13.5. The summed E-state index contributed by atoms with van der Waals surface area (Å²) in [4.78, 5) is 24.6. The van der Waals surface area contributed by atoms with Gasteiger partial charge in [0, 0.05) is 38.3 Å². The van der Waals surface area contributed by atoms with E-state index in [0.717, 1.165) is 5.82 Å². The molecule has 0 N–H and O–H groups in total. The van der Waals surface area contributed by atoms with Crippen molar-refractivity contribution in [3.63, 3.8) is 0 Å². The van der Waals surface area contributed by atoms with E-state index in [2.05, 4.69) is 28.7 Å². The first-order valence-corrected chi connectivity index (χ1v) is 9.37. The Hall–Kier alpha value is -2.90. The fourth-order valence-corrected chi connectivity index (χ4v) is 2.81. The largest absolute Gasteiger partial charge is 0.484 e. The second kappa shape index (κ2) is 9.34. The monoisotopic (exact) mass is 388 g/mol. The van der Waals surface area contributed by atoms with E-state index in [4.69, 9.17) is 9.47 Å². The quantitative estimate of drug-likeness (QED) is 0.726. The van der Waals surface area contributed by atoms with Gasteiger partial charge in [0.15, 0.2) is 6.61 Å². The minimum atomic E-state index is -0.389. The third-order valence-corrected chi connectivity index (χ3v) is 4.31. The molecule has 0 radical (unpaired) electrons. The summed E-state index contributed by atoms with van der Waals surface area (Å²) in [5.74, 6) is 1.61. The Balaban J connectivity index is 1.48. The van der Waals surface area contributed by atoms with Crippen molar-refractivity contribution in [1.29, 1.82) is 0 Å². The standard InChI is InChI=1S/C20H25FN4O3/c1-15(2)12-28-19-11-18(22-14-23-19)24-6-8-25(9-7-24)20(26)13-27-17-5-3-4-16(21)10-17/h3-5,10-11,14-15H,6-9,12-13H2,1-2H3. The van der Waals surface area contributed by atoms with E-state index >= 15 is 0 Å². The Morgan fingerprint density at radius 2 is 1.93 bits per heavy atom. The molecule has 1 aromatic carbocycles. The molecule has 1 aromatic heterocycles. The first kappa shape index (κ1) is 19.9. The molecule has 0 bridgehead atoms. The summed E-state index contributed by atoms with van der Waals surface area (Å²) in [7, 11) is 0. The minimum Gasteiger partial charge on any atom is -0.484 e. The number of carbonyl (C=O) groups excluding carboxylic acids is 1. The number of carbonyl (C=O) groups is 1. The van der Waals surface area contributed by atoms with Crippen LogP contribution in [0.25, 0.3) is 0 Å². The Labute approximate surface area is 164 Å².